The predicted molar refractivity (Wildman–Crippen MR) is 51.7 cm³/mol. The van der Waals surface area contributed by atoms with Crippen LogP contribution in [0.4, 0.5) is 0 Å². The zero-order valence-electron chi connectivity index (χ0n) is 8.77. The quantitative estimate of drug-likeness (QED) is 0.691. The number of carbonyl (C=O) groups is 1. The first-order valence-electron chi connectivity index (χ1n) is 4.51. The average Bonchev–Trinajstić information content (AvgIpc) is 1.97. The highest BCUT2D eigenvalue weighted by molar-refractivity contribution is 5.84. The van der Waals surface area contributed by atoms with Gasteiger partial charge >= 0.3 is 0 Å². The Hall–Kier alpha value is -0.530. The summed E-state index contributed by atoms with van der Waals surface area (Å²) >= 11 is 0. The van der Waals surface area contributed by atoms with Crippen molar-refractivity contribution >= 4 is 5.91 Å². The lowest BCUT2D eigenvalue weighted by molar-refractivity contribution is -0.119. The molecule has 0 saturated carbocycles. The van der Waals surface area contributed by atoms with E-state index in [2.05, 4.69) is 33.0 Å². The van der Waals surface area contributed by atoms with E-state index < -0.39 is 0 Å². The number of amides is 1. The summed E-state index contributed by atoms with van der Waals surface area (Å²) in [5.74, 6) is 0.0248. The van der Waals surface area contributed by atoms with E-state index in [1.165, 1.54) is 0 Å². The zero-order valence-corrected chi connectivity index (χ0v) is 8.77. The van der Waals surface area contributed by atoms with Gasteiger partial charge in [0.1, 0.15) is 0 Å². The summed E-state index contributed by atoms with van der Waals surface area (Å²) in [7, 11) is 0. The summed E-state index contributed by atoms with van der Waals surface area (Å²) in [5, 5.41) is 2.96. The van der Waals surface area contributed by atoms with Crippen molar-refractivity contribution < 1.29 is 4.79 Å². The minimum Gasteiger partial charge on any atom is -0.353 e. The van der Waals surface area contributed by atoms with Gasteiger partial charge in [0.25, 0.3) is 0 Å². The molecule has 1 unspecified atom stereocenters. The van der Waals surface area contributed by atoms with Gasteiger partial charge in [-0.2, -0.15) is 0 Å². The van der Waals surface area contributed by atoms with Gasteiger partial charge < -0.3 is 5.32 Å². The molecule has 1 radical (unpaired) electrons. The number of carbonyl (C=O) groups excluding carboxylic acids is 1. The maximum absolute atomic E-state index is 11.1. The van der Waals surface area contributed by atoms with E-state index in [9.17, 15) is 4.79 Å². The molecular weight excluding hydrogens is 150 g/mol. The third kappa shape index (κ3) is 3.74. The van der Waals surface area contributed by atoms with Crippen molar-refractivity contribution in [1.82, 2.24) is 5.32 Å². The largest absolute Gasteiger partial charge is 0.353 e. The monoisotopic (exact) mass is 170 g/mol. The smallest absolute Gasteiger partial charge is 0.223 e. The van der Waals surface area contributed by atoms with Gasteiger partial charge in [-0.15, -0.1) is 0 Å². The van der Waals surface area contributed by atoms with E-state index in [1.807, 2.05) is 0 Å². The third-order valence-electron chi connectivity index (χ3n) is 2.03. The average molecular weight is 170 g/mol. The molecule has 0 aromatic heterocycles. The second-order valence-corrected chi connectivity index (χ2v) is 4.12. The molecule has 2 heteroatoms. The van der Waals surface area contributed by atoms with Crippen molar-refractivity contribution in [3.8, 4) is 0 Å². The first-order chi connectivity index (χ1) is 5.41. The molecule has 2 nitrogen and oxygen atoms in total. The van der Waals surface area contributed by atoms with Gasteiger partial charge in [-0.3, -0.25) is 4.79 Å². The molecule has 12 heavy (non-hydrogen) atoms. The van der Waals surface area contributed by atoms with Gasteiger partial charge in [0.15, 0.2) is 0 Å². The standard InChI is InChI=1S/C10H20NO/c1-6-8(10(3,4)5)11-9(12)7-2/h7-8H,6H2,1-5H3,(H,11,12). The topological polar surface area (TPSA) is 29.1 Å². The summed E-state index contributed by atoms with van der Waals surface area (Å²) in [6.45, 7) is 10.3. The van der Waals surface area contributed by atoms with Gasteiger partial charge in [0, 0.05) is 12.5 Å². The molecule has 0 saturated heterocycles. The summed E-state index contributed by atoms with van der Waals surface area (Å²) in [4.78, 5) is 11.1. The highest BCUT2D eigenvalue weighted by Crippen LogP contribution is 2.21. The summed E-state index contributed by atoms with van der Waals surface area (Å²) < 4.78 is 0. The van der Waals surface area contributed by atoms with Crippen LogP contribution in [0.5, 0.6) is 0 Å². The van der Waals surface area contributed by atoms with Gasteiger partial charge in [0.2, 0.25) is 5.91 Å². The fourth-order valence-corrected chi connectivity index (χ4v) is 1.19. The van der Waals surface area contributed by atoms with E-state index in [1.54, 1.807) is 13.3 Å². The molecule has 0 bridgehead atoms. The normalized spacial score (nSPS) is 14.1. The lowest BCUT2D eigenvalue weighted by Gasteiger charge is -2.30. The Balaban J connectivity index is 4.09. The molecule has 0 rings (SSSR count). The van der Waals surface area contributed by atoms with E-state index in [-0.39, 0.29) is 17.4 Å². The lowest BCUT2D eigenvalue weighted by atomic mass is 9.85. The Kier molecular flexibility index (Phi) is 4.29. The zero-order chi connectivity index (χ0) is 9.78. The minimum absolute atomic E-state index is 0.0248. The Bertz CT molecular complexity index is 146. The molecule has 0 aliphatic rings. The fraction of sp³-hybridized carbons (Fsp3) is 0.800. The SMILES string of the molecule is C[CH]C(=O)NC(CC)C(C)(C)C. The maximum atomic E-state index is 11.1. The molecule has 1 amide bonds. The first kappa shape index (κ1) is 11.5. The second kappa shape index (κ2) is 4.48. The highest BCUT2D eigenvalue weighted by atomic mass is 16.1. The Morgan fingerprint density at radius 3 is 2.25 bits per heavy atom. The molecular formula is C10H20NO. The van der Waals surface area contributed by atoms with Gasteiger partial charge in [0.05, 0.1) is 0 Å². The maximum Gasteiger partial charge on any atom is 0.223 e. The summed E-state index contributed by atoms with van der Waals surface area (Å²) in [6, 6.07) is 0.265. The van der Waals surface area contributed by atoms with Crippen molar-refractivity contribution in [2.45, 2.75) is 47.1 Å². The van der Waals surface area contributed by atoms with Crippen LogP contribution in [0.25, 0.3) is 0 Å². The number of nitrogens with one attached hydrogen (secondary N) is 1. The predicted octanol–water partition coefficient (Wildman–Crippen LogP) is 2.15. The minimum atomic E-state index is 0.0248. The van der Waals surface area contributed by atoms with Crippen molar-refractivity contribution in [3.05, 3.63) is 6.42 Å². The van der Waals surface area contributed by atoms with E-state index >= 15 is 0 Å². The summed E-state index contributed by atoms with van der Waals surface area (Å²) in [5.41, 5.74) is 0.146. The van der Waals surface area contributed by atoms with Gasteiger partial charge in [-0.1, -0.05) is 34.6 Å². The molecule has 71 valence electrons. The molecule has 0 aliphatic carbocycles. The van der Waals surface area contributed by atoms with Crippen LogP contribution >= 0.6 is 0 Å². The molecule has 0 spiro atoms. The van der Waals surface area contributed by atoms with Crippen molar-refractivity contribution in [1.29, 1.82) is 0 Å². The Labute approximate surface area is 75.7 Å². The van der Waals surface area contributed by atoms with Crippen LogP contribution in [0.1, 0.15) is 41.0 Å². The fourth-order valence-electron chi connectivity index (χ4n) is 1.19. The van der Waals surface area contributed by atoms with Crippen molar-refractivity contribution in [3.63, 3.8) is 0 Å². The Morgan fingerprint density at radius 1 is 1.50 bits per heavy atom. The van der Waals surface area contributed by atoms with Crippen molar-refractivity contribution in [2.24, 2.45) is 5.41 Å². The molecule has 0 heterocycles. The van der Waals surface area contributed by atoms with Crippen molar-refractivity contribution in [2.75, 3.05) is 0 Å². The molecule has 1 N–H and O–H groups in total. The van der Waals surface area contributed by atoms with Crippen LogP contribution in [-0.4, -0.2) is 11.9 Å². The third-order valence-corrected chi connectivity index (χ3v) is 2.03. The van der Waals surface area contributed by atoms with Crippen LogP contribution in [0.2, 0.25) is 0 Å². The molecule has 1 atom stereocenters. The molecule has 0 aliphatic heterocycles. The highest BCUT2D eigenvalue weighted by Gasteiger charge is 2.23. The van der Waals surface area contributed by atoms with Crippen LogP contribution in [0.3, 0.4) is 0 Å². The van der Waals surface area contributed by atoms with E-state index in [0.29, 0.717) is 0 Å². The molecule has 0 aromatic carbocycles. The van der Waals surface area contributed by atoms with Gasteiger partial charge in [-0.25, -0.2) is 0 Å². The number of hydrogen-bond donors (Lipinski definition) is 1. The van der Waals surface area contributed by atoms with E-state index in [0.717, 1.165) is 6.42 Å². The van der Waals surface area contributed by atoms with E-state index in [4.69, 9.17) is 0 Å². The van der Waals surface area contributed by atoms with Crippen LogP contribution in [0.15, 0.2) is 0 Å². The second-order valence-electron chi connectivity index (χ2n) is 4.12. The lowest BCUT2D eigenvalue weighted by Crippen LogP contribution is -2.43. The van der Waals surface area contributed by atoms with Gasteiger partial charge in [-0.05, 0) is 11.8 Å². The number of rotatable bonds is 3. The van der Waals surface area contributed by atoms with Crippen LogP contribution in [0, 0.1) is 11.8 Å². The van der Waals surface area contributed by atoms with Crippen LogP contribution in [-0.2, 0) is 4.79 Å². The first-order valence-corrected chi connectivity index (χ1v) is 4.51. The summed E-state index contributed by atoms with van der Waals surface area (Å²) in [6.07, 6.45) is 2.54. The molecule has 0 aromatic rings. The Morgan fingerprint density at radius 2 is 2.00 bits per heavy atom. The molecule has 0 fully saturated rings. The van der Waals surface area contributed by atoms with Crippen LogP contribution < -0.4 is 5.32 Å². The number of hydrogen-bond acceptors (Lipinski definition) is 1.